The van der Waals surface area contributed by atoms with Crippen molar-refractivity contribution < 1.29 is 0 Å². The molecule has 1 aromatic rings. The van der Waals surface area contributed by atoms with Gasteiger partial charge >= 0.3 is 0 Å². The summed E-state index contributed by atoms with van der Waals surface area (Å²) in [6.45, 7) is 3.73. The molecule has 0 atom stereocenters. The van der Waals surface area contributed by atoms with Crippen LogP contribution in [-0.2, 0) is 0 Å². The van der Waals surface area contributed by atoms with Crippen molar-refractivity contribution in [2.45, 2.75) is 19.4 Å². The summed E-state index contributed by atoms with van der Waals surface area (Å²) in [4.78, 5) is 0. The molecule has 15 heavy (non-hydrogen) atoms. The summed E-state index contributed by atoms with van der Waals surface area (Å²) in [7, 11) is 0. The topological polar surface area (TPSA) is 35.8 Å². The molecule has 76 valence electrons. The van der Waals surface area contributed by atoms with Crippen molar-refractivity contribution in [2.75, 3.05) is 5.32 Å². The Morgan fingerprint density at radius 2 is 2.13 bits per heavy atom. The molecule has 0 aromatic heterocycles. The molecule has 0 heterocycles. The van der Waals surface area contributed by atoms with Crippen LogP contribution in [0.3, 0.4) is 0 Å². The largest absolute Gasteiger partial charge is 0.368 e. The molecule has 1 N–H and O–H groups in total. The Morgan fingerprint density at radius 3 is 2.67 bits per heavy atom. The monoisotopic (exact) mass is 218 g/mol. The Kier molecular flexibility index (Phi) is 3.24. The lowest BCUT2D eigenvalue weighted by Crippen LogP contribution is -2.28. The Balaban J connectivity index is 3.08. The highest BCUT2D eigenvalue weighted by Gasteiger charge is 2.15. The number of nitriles is 1. The lowest BCUT2D eigenvalue weighted by atomic mass is 10.1. The summed E-state index contributed by atoms with van der Waals surface area (Å²) in [5, 5.41) is 12.5. The van der Waals surface area contributed by atoms with Gasteiger partial charge in [0.15, 0.2) is 0 Å². The normalized spacial score (nSPS) is 10.2. The molecule has 0 aliphatic carbocycles. The summed E-state index contributed by atoms with van der Waals surface area (Å²) >= 11 is 5.78. The van der Waals surface area contributed by atoms with Crippen LogP contribution in [0.15, 0.2) is 18.2 Å². The van der Waals surface area contributed by atoms with E-state index in [-0.39, 0.29) is 0 Å². The van der Waals surface area contributed by atoms with E-state index in [0.717, 1.165) is 0 Å². The molecular weight excluding hydrogens is 208 g/mol. The minimum absolute atomic E-state index is 0.487. The Hall–Kier alpha value is -1.64. The fourth-order valence-corrected chi connectivity index (χ4v) is 1.26. The van der Waals surface area contributed by atoms with Crippen molar-refractivity contribution >= 4 is 17.3 Å². The van der Waals surface area contributed by atoms with Crippen molar-refractivity contribution in [1.82, 2.24) is 0 Å². The molecule has 0 spiro atoms. The van der Waals surface area contributed by atoms with Gasteiger partial charge in [-0.05, 0) is 32.0 Å². The van der Waals surface area contributed by atoms with Crippen molar-refractivity contribution in [3.8, 4) is 18.4 Å². The number of rotatable bonds is 2. The molecule has 0 saturated carbocycles. The molecule has 0 bridgehead atoms. The summed E-state index contributed by atoms with van der Waals surface area (Å²) in [5.74, 6) is 2.60. The first-order valence-corrected chi connectivity index (χ1v) is 4.82. The summed E-state index contributed by atoms with van der Waals surface area (Å²) in [6.07, 6.45) is 5.35. The lowest BCUT2D eigenvalue weighted by molar-refractivity contribution is 0.741. The van der Waals surface area contributed by atoms with Gasteiger partial charge < -0.3 is 5.32 Å². The maximum atomic E-state index is 8.91. The standard InChI is InChI=1S/C12H11ClN2/c1-4-12(2,3)15-11-6-5-10(13)7-9(11)8-14/h1,5-7,15H,2-3H3. The second-order valence-corrected chi connectivity index (χ2v) is 4.13. The van der Waals surface area contributed by atoms with Gasteiger partial charge in [0.05, 0.1) is 16.8 Å². The molecule has 2 nitrogen and oxygen atoms in total. The van der Waals surface area contributed by atoms with E-state index < -0.39 is 5.54 Å². The molecule has 0 unspecified atom stereocenters. The van der Waals surface area contributed by atoms with Gasteiger partial charge in [0, 0.05) is 5.02 Å². The number of halogens is 1. The van der Waals surface area contributed by atoms with Crippen LogP contribution in [0, 0.1) is 23.7 Å². The van der Waals surface area contributed by atoms with Crippen LogP contribution < -0.4 is 5.32 Å². The average molecular weight is 219 g/mol. The van der Waals surface area contributed by atoms with Crippen LogP contribution in [0.5, 0.6) is 0 Å². The molecular formula is C12H11ClN2. The Bertz CT molecular complexity index is 450. The second-order valence-electron chi connectivity index (χ2n) is 3.70. The quantitative estimate of drug-likeness (QED) is 0.775. The van der Waals surface area contributed by atoms with Crippen molar-refractivity contribution in [1.29, 1.82) is 5.26 Å². The first-order chi connectivity index (χ1) is 6.98. The van der Waals surface area contributed by atoms with Gasteiger partial charge in [-0.2, -0.15) is 5.26 Å². The molecule has 0 saturated heterocycles. The van der Waals surface area contributed by atoms with Crippen LogP contribution in [0.4, 0.5) is 5.69 Å². The number of hydrogen-bond acceptors (Lipinski definition) is 2. The molecule has 0 aliphatic rings. The third-order valence-corrected chi connectivity index (χ3v) is 2.15. The Morgan fingerprint density at radius 1 is 1.47 bits per heavy atom. The first-order valence-electron chi connectivity index (χ1n) is 4.44. The fraction of sp³-hybridized carbons (Fsp3) is 0.250. The third-order valence-electron chi connectivity index (χ3n) is 1.91. The zero-order valence-electron chi connectivity index (χ0n) is 8.63. The minimum atomic E-state index is -0.487. The highest BCUT2D eigenvalue weighted by molar-refractivity contribution is 6.30. The summed E-state index contributed by atoms with van der Waals surface area (Å²) in [5.41, 5.74) is 0.704. The molecule has 1 rings (SSSR count). The van der Waals surface area contributed by atoms with Gasteiger partial charge in [-0.3, -0.25) is 0 Å². The lowest BCUT2D eigenvalue weighted by Gasteiger charge is -2.21. The van der Waals surface area contributed by atoms with Crippen LogP contribution in [0.25, 0.3) is 0 Å². The van der Waals surface area contributed by atoms with Gasteiger partial charge in [-0.15, -0.1) is 6.42 Å². The van der Waals surface area contributed by atoms with E-state index in [1.807, 2.05) is 13.8 Å². The molecule has 3 heteroatoms. The zero-order chi connectivity index (χ0) is 11.5. The van der Waals surface area contributed by atoms with Gasteiger partial charge in [0.2, 0.25) is 0 Å². The smallest absolute Gasteiger partial charge is 0.101 e. The maximum absolute atomic E-state index is 8.91. The highest BCUT2D eigenvalue weighted by Crippen LogP contribution is 2.22. The maximum Gasteiger partial charge on any atom is 0.101 e. The molecule has 1 aromatic carbocycles. The SMILES string of the molecule is C#CC(C)(C)Nc1ccc(Cl)cc1C#N. The number of nitrogens with one attached hydrogen (secondary N) is 1. The van der Waals surface area contributed by atoms with Gasteiger partial charge in [-0.1, -0.05) is 17.5 Å². The van der Waals surface area contributed by atoms with E-state index in [9.17, 15) is 0 Å². The van der Waals surface area contributed by atoms with E-state index in [1.54, 1.807) is 18.2 Å². The van der Waals surface area contributed by atoms with Crippen molar-refractivity contribution in [3.63, 3.8) is 0 Å². The van der Waals surface area contributed by atoms with Crippen LogP contribution in [0.2, 0.25) is 5.02 Å². The van der Waals surface area contributed by atoms with Crippen LogP contribution >= 0.6 is 11.6 Å². The number of terminal acetylenes is 1. The first kappa shape index (κ1) is 11.4. The summed E-state index contributed by atoms with van der Waals surface area (Å²) in [6, 6.07) is 7.14. The van der Waals surface area contributed by atoms with E-state index >= 15 is 0 Å². The van der Waals surface area contributed by atoms with E-state index in [0.29, 0.717) is 16.3 Å². The minimum Gasteiger partial charge on any atom is -0.368 e. The van der Waals surface area contributed by atoms with Gasteiger partial charge in [0.1, 0.15) is 6.07 Å². The van der Waals surface area contributed by atoms with Crippen LogP contribution in [-0.4, -0.2) is 5.54 Å². The van der Waals surface area contributed by atoms with Crippen molar-refractivity contribution in [3.05, 3.63) is 28.8 Å². The summed E-state index contributed by atoms with van der Waals surface area (Å²) < 4.78 is 0. The van der Waals surface area contributed by atoms with Gasteiger partial charge in [0.25, 0.3) is 0 Å². The molecule has 0 amide bonds. The Labute approximate surface area is 94.9 Å². The number of anilines is 1. The van der Waals surface area contributed by atoms with E-state index in [2.05, 4.69) is 17.3 Å². The zero-order valence-corrected chi connectivity index (χ0v) is 9.39. The molecule has 0 aliphatic heterocycles. The fourth-order valence-electron chi connectivity index (χ4n) is 1.09. The third kappa shape index (κ3) is 2.91. The molecule has 0 radical (unpaired) electrons. The predicted octanol–water partition coefficient (Wildman–Crippen LogP) is 3.04. The highest BCUT2D eigenvalue weighted by atomic mass is 35.5. The average Bonchev–Trinajstić information content (AvgIpc) is 2.20. The van der Waals surface area contributed by atoms with E-state index in [4.69, 9.17) is 23.3 Å². The number of nitrogens with zero attached hydrogens (tertiary/aromatic N) is 1. The predicted molar refractivity (Wildman–Crippen MR) is 62.7 cm³/mol. The molecule has 0 fully saturated rings. The second kappa shape index (κ2) is 4.26. The number of benzene rings is 1. The number of hydrogen-bond donors (Lipinski definition) is 1. The van der Waals surface area contributed by atoms with E-state index in [1.165, 1.54) is 0 Å². The van der Waals surface area contributed by atoms with Gasteiger partial charge in [-0.25, -0.2) is 0 Å². The van der Waals surface area contributed by atoms with Crippen molar-refractivity contribution in [2.24, 2.45) is 0 Å². The van der Waals surface area contributed by atoms with Crippen LogP contribution in [0.1, 0.15) is 19.4 Å².